The molecule has 0 fully saturated rings. The molecule has 1 aliphatic carbocycles. The smallest absolute Gasteiger partial charge is 0.311 e. The fraction of sp³-hybridized carbons (Fsp3) is 0.370. The number of carbonyl (C=O) groups excluding carboxylic acids is 3. The van der Waals surface area contributed by atoms with E-state index in [1.54, 1.807) is 0 Å². The standard InChI is InChI=1S/C27H27F4N5O4/c28-22-21(23(29)25(31)26(24(22)30)35-36-33)27(39)34-13-5-8-19(37)15-9-11-17(12-10-15)40-20(38)14-16-6-3-1-2-4-7-18(16)32/h4,7,9-12,16,18H,1-3,5-6,8,13-14,32H2,(H,34,39)/b7-4+/t16-,18+/m0/s1. The van der Waals surface area contributed by atoms with Gasteiger partial charge in [0, 0.05) is 29.5 Å². The Balaban J connectivity index is 1.49. The highest BCUT2D eigenvalue weighted by atomic mass is 19.2. The van der Waals surface area contributed by atoms with Crippen LogP contribution in [0.4, 0.5) is 23.2 Å². The van der Waals surface area contributed by atoms with E-state index >= 15 is 0 Å². The molecule has 9 nitrogen and oxygen atoms in total. The van der Waals surface area contributed by atoms with Gasteiger partial charge in [-0.25, -0.2) is 17.6 Å². The molecular formula is C27H27F4N5O4. The van der Waals surface area contributed by atoms with Crippen molar-refractivity contribution < 1.29 is 36.7 Å². The molecule has 3 rings (SSSR count). The second kappa shape index (κ2) is 14.2. The van der Waals surface area contributed by atoms with Crippen molar-refractivity contribution in [3.63, 3.8) is 0 Å². The maximum Gasteiger partial charge on any atom is 0.311 e. The zero-order chi connectivity index (χ0) is 29.2. The summed E-state index contributed by atoms with van der Waals surface area (Å²) in [6.07, 6.45) is 7.92. The predicted molar refractivity (Wildman–Crippen MR) is 137 cm³/mol. The van der Waals surface area contributed by atoms with Gasteiger partial charge in [-0.1, -0.05) is 23.7 Å². The van der Waals surface area contributed by atoms with E-state index in [0.29, 0.717) is 5.56 Å². The van der Waals surface area contributed by atoms with Gasteiger partial charge in [-0.05, 0) is 61.4 Å². The highest BCUT2D eigenvalue weighted by molar-refractivity contribution is 5.97. The Morgan fingerprint density at radius 1 is 1.05 bits per heavy atom. The number of benzene rings is 2. The SMILES string of the molecule is [N-]=[N+]=Nc1c(F)c(F)c(C(=O)NCCCC(=O)c2ccc(OC(=O)C[C@@H]3CCCC/C=C/[C@H]3N)cc2)c(F)c1F. The molecule has 0 saturated heterocycles. The molecule has 0 spiro atoms. The van der Waals surface area contributed by atoms with Gasteiger partial charge in [0.05, 0.1) is 6.42 Å². The number of halogens is 4. The van der Waals surface area contributed by atoms with Crippen LogP contribution < -0.4 is 15.8 Å². The average Bonchev–Trinajstić information content (AvgIpc) is 2.92. The van der Waals surface area contributed by atoms with Crippen LogP contribution in [0.15, 0.2) is 41.5 Å². The van der Waals surface area contributed by atoms with E-state index in [1.165, 1.54) is 24.3 Å². The van der Waals surface area contributed by atoms with Crippen molar-refractivity contribution in [3.05, 3.63) is 81.3 Å². The van der Waals surface area contributed by atoms with Crippen LogP contribution in [0.5, 0.6) is 5.75 Å². The van der Waals surface area contributed by atoms with Gasteiger partial charge in [-0.15, -0.1) is 0 Å². The van der Waals surface area contributed by atoms with Gasteiger partial charge in [0.15, 0.2) is 29.1 Å². The molecular weight excluding hydrogens is 534 g/mol. The molecule has 0 saturated carbocycles. The zero-order valence-electron chi connectivity index (χ0n) is 21.3. The minimum atomic E-state index is -2.01. The Bertz CT molecular complexity index is 1310. The maximum absolute atomic E-state index is 14.1. The molecule has 0 bridgehead atoms. The number of Topliss-reactive ketones (excluding diaryl/α,β-unsaturated/α-hetero) is 1. The van der Waals surface area contributed by atoms with Crippen LogP contribution >= 0.6 is 0 Å². The summed E-state index contributed by atoms with van der Waals surface area (Å²) in [4.78, 5) is 39.0. The lowest BCUT2D eigenvalue weighted by Gasteiger charge is -2.22. The Kier molecular flexibility index (Phi) is 10.8. The number of amides is 1. The molecule has 40 heavy (non-hydrogen) atoms. The van der Waals surface area contributed by atoms with Crippen molar-refractivity contribution in [1.82, 2.24) is 5.32 Å². The normalized spacial score (nSPS) is 17.6. The number of hydrogen-bond donors (Lipinski definition) is 2. The van der Waals surface area contributed by atoms with Crippen LogP contribution in [0.25, 0.3) is 10.4 Å². The summed E-state index contributed by atoms with van der Waals surface area (Å²) >= 11 is 0. The first kappa shape index (κ1) is 30.3. The highest BCUT2D eigenvalue weighted by Crippen LogP contribution is 2.30. The van der Waals surface area contributed by atoms with Crippen LogP contribution in [-0.4, -0.2) is 30.2 Å². The highest BCUT2D eigenvalue weighted by Gasteiger charge is 2.29. The van der Waals surface area contributed by atoms with Crippen LogP contribution in [0.2, 0.25) is 0 Å². The van der Waals surface area contributed by atoms with Crippen molar-refractivity contribution in [3.8, 4) is 5.75 Å². The van der Waals surface area contributed by atoms with E-state index in [4.69, 9.17) is 16.0 Å². The van der Waals surface area contributed by atoms with Crippen molar-refractivity contribution in [1.29, 1.82) is 0 Å². The topological polar surface area (TPSA) is 147 Å². The molecule has 1 aliphatic rings. The number of carbonyl (C=O) groups is 3. The Morgan fingerprint density at radius 2 is 1.73 bits per heavy atom. The summed E-state index contributed by atoms with van der Waals surface area (Å²) in [5, 5.41) is 4.64. The van der Waals surface area contributed by atoms with E-state index in [1.807, 2.05) is 12.2 Å². The molecule has 2 aromatic rings. The van der Waals surface area contributed by atoms with Crippen LogP contribution in [-0.2, 0) is 4.79 Å². The zero-order valence-corrected chi connectivity index (χ0v) is 21.3. The third-order valence-corrected chi connectivity index (χ3v) is 6.41. The number of ether oxygens (including phenoxy) is 1. The van der Waals surface area contributed by atoms with Crippen molar-refractivity contribution in [2.45, 2.75) is 51.0 Å². The van der Waals surface area contributed by atoms with Gasteiger partial charge in [-0.2, -0.15) is 0 Å². The van der Waals surface area contributed by atoms with Crippen LogP contribution in [0, 0.1) is 29.2 Å². The number of rotatable bonds is 10. The number of allylic oxidation sites excluding steroid dienone is 1. The van der Waals surface area contributed by atoms with Crippen molar-refractivity contribution >= 4 is 23.3 Å². The summed E-state index contributed by atoms with van der Waals surface area (Å²) in [6, 6.07) is 5.66. The molecule has 0 radical (unpaired) electrons. The molecule has 2 aromatic carbocycles. The molecule has 1 amide bonds. The molecule has 0 aromatic heterocycles. The number of nitrogens with two attached hydrogens (primary N) is 1. The first-order valence-corrected chi connectivity index (χ1v) is 12.6. The quantitative estimate of drug-likeness (QED) is 0.0352. The van der Waals surface area contributed by atoms with Gasteiger partial charge in [0.2, 0.25) is 0 Å². The molecule has 0 aliphatic heterocycles. The minimum Gasteiger partial charge on any atom is -0.427 e. The van der Waals surface area contributed by atoms with Crippen molar-refractivity contribution in [2.24, 2.45) is 16.8 Å². The average molecular weight is 562 g/mol. The van der Waals surface area contributed by atoms with Crippen LogP contribution in [0.1, 0.15) is 65.7 Å². The maximum atomic E-state index is 14.1. The van der Waals surface area contributed by atoms with Gasteiger partial charge in [0.25, 0.3) is 5.91 Å². The molecule has 2 atom stereocenters. The third kappa shape index (κ3) is 7.67. The first-order valence-electron chi connectivity index (χ1n) is 12.6. The third-order valence-electron chi connectivity index (χ3n) is 6.41. The Hall–Kier alpha value is -4.22. The van der Waals surface area contributed by atoms with E-state index < -0.39 is 46.4 Å². The van der Waals surface area contributed by atoms with Gasteiger partial charge >= 0.3 is 5.97 Å². The molecule has 13 heteroatoms. The van der Waals surface area contributed by atoms with E-state index in [9.17, 15) is 31.9 Å². The second-order valence-electron chi connectivity index (χ2n) is 9.20. The van der Waals surface area contributed by atoms with Gasteiger partial charge < -0.3 is 15.8 Å². The fourth-order valence-electron chi connectivity index (χ4n) is 4.24. The lowest BCUT2D eigenvalue weighted by Crippen LogP contribution is -2.31. The molecule has 0 unspecified atom stereocenters. The van der Waals surface area contributed by atoms with Gasteiger partial charge in [-0.3, -0.25) is 14.4 Å². The second-order valence-corrected chi connectivity index (χ2v) is 9.20. The largest absolute Gasteiger partial charge is 0.427 e. The molecule has 0 heterocycles. The summed E-state index contributed by atoms with van der Waals surface area (Å²) in [7, 11) is 0. The van der Waals surface area contributed by atoms with Gasteiger partial charge in [0.1, 0.15) is 17.0 Å². The first-order chi connectivity index (χ1) is 19.1. The van der Waals surface area contributed by atoms with Crippen LogP contribution in [0.3, 0.4) is 0 Å². The van der Waals surface area contributed by atoms with E-state index in [-0.39, 0.29) is 49.3 Å². The lowest BCUT2D eigenvalue weighted by atomic mass is 9.88. The number of ketones is 1. The number of nitrogens with zero attached hydrogens (tertiary/aromatic N) is 3. The molecule has 3 N–H and O–H groups in total. The number of hydrogen-bond acceptors (Lipinski definition) is 6. The van der Waals surface area contributed by atoms with E-state index in [0.717, 1.165) is 25.7 Å². The minimum absolute atomic E-state index is 0.0199. The summed E-state index contributed by atoms with van der Waals surface area (Å²) in [5.74, 6) is -10.0. The van der Waals surface area contributed by atoms with E-state index in [2.05, 4.69) is 15.3 Å². The number of azide groups is 1. The number of nitrogens with one attached hydrogen (secondary N) is 1. The summed E-state index contributed by atoms with van der Waals surface area (Å²) in [5.41, 5.74) is 11.7. The predicted octanol–water partition coefficient (Wildman–Crippen LogP) is 5.95. The van der Waals surface area contributed by atoms with Crippen molar-refractivity contribution in [2.75, 3.05) is 6.54 Å². The Morgan fingerprint density at radius 3 is 2.38 bits per heavy atom. The Labute approximate surface area is 227 Å². The monoisotopic (exact) mass is 561 g/mol. The summed E-state index contributed by atoms with van der Waals surface area (Å²) < 4.78 is 61.3. The fourth-order valence-corrected chi connectivity index (χ4v) is 4.24. The summed E-state index contributed by atoms with van der Waals surface area (Å²) in [6.45, 7) is -0.237. The lowest BCUT2D eigenvalue weighted by molar-refractivity contribution is -0.135. The molecule has 212 valence electrons. The number of esters is 1.